The van der Waals surface area contributed by atoms with Crippen molar-refractivity contribution >= 4 is 17.5 Å². The Labute approximate surface area is 124 Å². The van der Waals surface area contributed by atoms with Gasteiger partial charge in [-0.3, -0.25) is 4.79 Å². The Kier molecular flexibility index (Phi) is 3.70. The van der Waals surface area contributed by atoms with Crippen LogP contribution in [0.3, 0.4) is 0 Å². The molecule has 4 heteroatoms. The molecule has 2 bridgehead atoms. The summed E-state index contributed by atoms with van der Waals surface area (Å²) in [6, 6.07) is 7.75. The minimum Gasteiger partial charge on any atom is -0.484 e. The van der Waals surface area contributed by atoms with Crippen LogP contribution in [-0.4, -0.2) is 29.5 Å². The zero-order valence-corrected chi connectivity index (χ0v) is 12.1. The Morgan fingerprint density at radius 3 is 2.45 bits per heavy atom. The highest BCUT2D eigenvalue weighted by Gasteiger charge is 2.40. The zero-order valence-electron chi connectivity index (χ0n) is 11.3. The fraction of sp³-hybridized carbons (Fsp3) is 0.438. The van der Waals surface area contributed by atoms with Crippen LogP contribution in [0.2, 0.25) is 5.02 Å². The van der Waals surface area contributed by atoms with Gasteiger partial charge in [-0.15, -0.1) is 0 Å². The number of nitrogens with zero attached hydrogens (tertiary/aromatic N) is 1. The molecule has 3 rings (SSSR count). The lowest BCUT2D eigenvalue weighted by molar-refractivity contribution is -0.137. The number of carbonyl (C=O) groups excluding carboxylic acids is 1. The number of halogens is 1. The molecule has 0 spiro atoms. The number of benzene rings is 1. The molecule has 2 unspecified atom stereocenters. The van der Waals surface area contributed by atoms with Crippen molar-refractivity contribution < 1.29 is 9.53 Å². The van der Waals surface area contributed by atoms with Crippen molar-refractivity contribution in [2.75, 3.05) is 6.61 Å². The summed E-state index contributed by atoms with van der Waals surface area (Å²) in [6.07, 6.45) is 4.08. The number of hydrogen-bond acceptors (Lipinski definition) is 2. The molecule has 0 aromatic heterocycles. The number of rotatable bonds is 3. The van der Waals surface area contributed by atoms with E-state index < -0.39 is 0 Å². The second-order valence-corrected chi connectivity index (χ2v) is 6.02. The van der Waals surface area contributed by atoms with Gasteiger partial charge in [0.15, 0.2) is 6.61 Å². The van der Waals surface area contributed by atoms with Gasteiger partial charge in [0.1, 0.15) is 5.75 Å². The summed E-state index contributed by atoms with van der Waals surface area (Å²) >= 11 is 5.82. The molecule has 0 radical (unpaired) electrons. The molecule has 2 saturated heterocycles. The third-order valence-electron chi connectivity index (χ3n) is 4.13. The molecule has 0 saturated carbocycles. The van der Waals surface area contributed by atoms with Crippen LogP contribution in [0.15, 0.2) is 36.4 Å². The lowest BCUT2D eigenvalue weighted by atomic mass is 9.98. The van der Waals surface area contributed by atoms with Crippen molar-refractivity contribution in [3.8, 4) is 5.75 Å². The Bertz CT molecular complexity index is 510. The molecule has 1 aromatic carbocycles. The average Bonchev–Trinajstić information content (AvgIpc) is 2.70. The maximum atomic E-state index is 12.4. The standard InChI is InChI=1S/C16H18ClNO2/c1-11-8-13-4-5-14(9-11)18(13)16(19)10-20-15-6-2-12(17)3-7-15/h2-3,6-7,13-14H,1,4-5,8-10H2. The number of piperidine rings is 1. The van der Waals surface area contributed by atoms with E-state index in [1.165, 1.54) is 5.57 Å². The maximum absolute atomic E-state index is 12.4. The smallest absolute Gasteiger partial charge is 0.261 e. The van der Waals surface area contributed by atoms with Gasteiger partial charge in [-0.25, -0.2) is 0 Å². The van der Waals surface area contributed by atoms with Gasteiger partial charge in [0.05, 0.1) is 0 Å². The molecule has 0 N–H and O–H groups in total. The second-order valence-electron chi connectivity index (χ2n) is 5.59. The van der Waals surface area contributed by atoms with Crippen LogP contribution >= 0.6 is 11.6 Å². The molecule has 2 atom stereocenters. The maximum Gasteiger partial charge on any atom is 0.261 e. The van der Waals surface area contributed by atoms with Crippen molar-refractivity contribution in [3.05, 3.63) is 41.4 Å². The number of ether oxygens (including phenoxy) is 1. The van der Waals surface area contributed by atoms with E-state index >= 15 is 0 Å². The predicted octanol–water partition coefficient (Wildman–Crippen LogP) is 3.43. The highest BCUT2D eigenvalue weighted by Crippen LogP contribution is 2.37. The SMILES string of the molecule is C=C1CC2CCC(C1)N2C(=O)COc1ccc(Cl)cc1. The minimum absolute atomic E-state index is 0.0833. The van der Waals surface area contributed by atoms with E-state index in [4.69, 9.17) is 16.3 Å². The van der Waals surface area contributed by atoms with Crippen LogP contribution in [0, 0.1) is 0 Å². The van der Waals surface area contributed by atoms with Gasteiger partial charge >= 0.3 is 0 Å². The van der Waals surface area contributed by atoms with Crippen molar-refractivity contribution in [3.63, 3.8) is 0 Å². The fourth-order valence-electron chi connectivity index (χ4n) is 3.27. The van der Waals surface area contributed by atoms with Gasteiger partial charge in [-0.2, -0.15) is 0 Å². The van der Waals surface area contributed by atoms with Gasteiger partial charge in [0.2, 0.25) is 0 Å². The van der Waals surface area contributed by atoms with Gasteiger partial charge in [0.25, 0.3) is 5.91 Å². The first-order chi connectivity index (χ1) is 9.63. The molecule has 3 nitrogen and oxygen atoms in total. The van der Waals surface area contributed by atoms with E-state index in [9.17, 15) is 4.79 Å². The number of amides is 1. The minimum atomic E-state index is 0.0833. The molecule has 106 valence electrons. The van der Waals surface area contributed by atoms with Gasteiger partial charge in [0, 0.05) is 17.1 Å². The Hall–Kier alpha value is -1.48. The molecule has 2 aliphatic rings. The van der Waals surface area contributed by atoms with Crippen molar-refractivity contribution in [2.45, 2.75) is 37.8 Å². The third kappa shape index (κ3) is 2.68. The number of carbonyl (C=O) groups is 1. The van der Waals surface area contributed by atoms with E-state index in [1.807, 2.05) is 4.90 Å². The molecule has 1 aromatic rings. The van der Waals surface area contributed by atoms with Gasteiger partial charge < -0.3 is 9.64 Å². The summed E-state index contributed by atoms with van der Waals surface area (Å²) in [5, 5.41) is 0.663. The molecule has 2 heterocycles. The molecule has 2 fully saturated rings. The fourth-order valence-corrected chi connectivity index (χ4v) is 3.40. The summed E-state index contributed by atoms with van der Waals surface area (Å²) in [4.78, 5) is 14.4. The molecule has 2 aliphatic heterocycles. The van der Waals surface area contributed by atoms with Crippen LogP contribution < -0.4 is 4.74 Å². The third-order valence-corrected chi connectivity index (χ3v) is 4.38. The quantitative estimate of drug-likeness (QED) is 0.799. The molecular weight excluding hydrogens is 274 g/mol. The molecule has 1 amide bonds. The zero-order chi connectivity index (χ0) is 14.1. The summed E-state index contributed by atoms with van der Waals surface area (Å²) in [5.74, 6) is 0.761. The van der Waals surface area contributed by atoms with E-state index in [0.29, 0.717) is 22.9 Å². The first-order valence-corrected chi connectivity index (χ1v) is 7.37. The summed E-state index contributed by atoms with van der Waals surface area (Å²) in [7, 11) is 0. The summed E-state index contributed by atoms with van der Waals surface area (Å²) in [5.41, 5.74) is 1.28. The first kappa shape index (κ1) is 13.5. The Morgan fingerprint density at radius 2 is 1.85 bits per heavy atom. The van der Waals surface area contributed by atoms with Crippen LogP contribution in [0.4, 0.5) is 0 Å². The molecule has 20 heavy (non-hydrogen) atoms. The van der Waals surface area contributed by atoms with Gasteiger partial charge in [-0.1, -0.05) is 23.8 Å². The Balaban J connectivity index is 1.60. The number of fused-ring (bicyclic) bond motifs is 2. The predicted molar refractivity (Wildman–Crippen MR) is 79.0 cm³/mol. The highest BCUT2D eigenvalue weighted by atomic mass is 35.5. The number of hydrogen-bond donors (Lipinski definition) is 0. The molecule has 0 aliphatic carbocycles. The van der Waals surface area contributed by atoms with Crippen molar-refractivity contribution in [1.82, 2.24) is 4.90 Å². The normalized spacial score (nSPS) is 24.9. The summed E-state index contributed by atoms with van der Waals surface area (Å²) in [6.45, 7) is 4.17. The van der Waals surface area contributed by atoms with Gasteiger partial charge in [-0.05, 0) is 49.9 Å². The van der Waals surface area contributed by atoms with Crippen LogP contribution in [0.25, 0.3) is 0 Å². The topological polar surface area (TPSA) is 29.5 Å². The van der Waals surface area contributed by atoms with E-state index in [1.54, 1.807) is 24.3 Å². The first-order valence-electron chi connectivity index (χ1n) is 6.99. The highest BCUT2D eigenvalue weighted by molar-refractivity contribution is 6.30. The van der Waals surface area contributed by atoms with Crippen LogP contribution in [0.5, 0.6) is 5.75 Å². The van der Waals surface area contributed by atoms with Crippen LogP contribution in [-0.2, 0) is 4.79 Å². The monoisotopic (exact) mass is 291 g/mol. The van der Waals surface area contributed by atoms with E-state index in [2.05, 4.69) is 6.58 Å². The molecular formula is C16H18ClNO2. The largest absolute Gasteiger partial charge is 0.484 e. The van der Waals surface area contributed by atoms with Crippen LogP contribution in [0.1, 0.15) is 25.7 Å². The average molecular weight is 292 g/mol. The van der Waals surface area contributed by atoms with E-state index in [0.717, 1.165) is 25.7 Å². The van der Waals surface area contributed by atoms with Crippen molar-refractivity contribution in [2.24, 2.45) is 0 Å². The second kappa shape index (κ2) is 5.49. The lowest BCUT2D eigenvalue weighted by Gasteiger charge is -2.35. The van der Waals surface area contributed by atoms with Crippen molar-refractivity contribution in [1.29, 1.82) is 0 Å². The lowest BCUT2D eigenvalue weighted by Crippen LogP contribution is -2.46. The summed E-state index contributed by atoms with van der Waals surface area (Å²) < 4.78 is 5.56. The Morgan fingerprint density at radius 1 is 1.25 bits per heavy atom. The van der Waals surface area contributed by atoms with E-state index in [-0.39, 0.29) is 12.5 Å².